The van der Waals surface area contributed by atoms with Gasteiger partial charge in [-0.1, -0.05) is 6.42 Å². The van der Waals surface area contributed by atoms with E-state index in [1.807, 2.05) is 0 Å². The molecule has 0 radical (unpaired) electrons. The third-order valence-electron chi connectivity index (χ3n) is 3.30. The van der Waals surface area contributed by atoms with Crippen LogP contribution in [0.3, 0.4) is 0 Å². The third-order valence-corrected chi connectivity index (χ3v) is 4.80. The number of piperidine rings is 1. The Morgan fingerprint density at radius 1 is 1.19 bits per heavy atom. The van der Waals surface area contributed by atoms with Crippen molar-refractivity contribution < 1.29 is 26.3 Å². The van der Waals surface area contributed by atoms with E-state index in [2.05, 4.69) is 5.32 Å². The topological polar surface area (TPSA) is 55.4 Å². The van der Waals surface area contributed by atoms with Crippen LogP contribution < -0.4 is 10.1 Å². The van der Waals surface area contributed by atoms with E-state index in [4.69, 9.17) is 4.74 Å². The molecule has 1 fully saturated rings. The Morgan fingerprint density at radius 2 is 1.86 bits per heavy atom. The lowest BCUT2D eigenvalue weighted by Crippen LogP contribution is -2.38. The number of benzene rings is 1. The summed E-state index contributed by atoms with van der Waals surface area (Å²) in [5, 5.41) is 3.28. The standard InChI is InChI=1S/C13H16F3NO3S/c14-13(15,16)21(18,19)12-6-4-11(5-7-12)20-9-10-3-1-2-8-17-10/h4-7,10,17H,1-3,8-9H2. The molecular formula is C13H16F3NO3S. The maximum atomic E-state index is 12.4. The number of rotatable bonds is 4. The highest BCUT2D eigenvalue weighted by Gasteiger charge is 2.46. The van der Waals surface area contributed by atoms with Gasteiger partial charge in [-0.05, 0) is 43.7 Å². The number of hydrogen-bond acceptors (Lipinski definition) is 4. The Hall–Kier alpha value is -1.28. The molecule has 1 aliphatic rings. The molecule has 1 atom stereocenters. The first-order valence-electron chi connectivity index (χ1n) is 6.58. The average Bonchev–Trinajstić information content (AvgIpc) is 2.45. The first kappa shape index (κ1) is 16.1. The SMILES string of the molecule is O=S(=O)(c1ccc(OCC2CCCCN2)cc1)C(F)(F)F. The van der Waals surface area contributed by atoms with Crippen molar-refractivity contribution in [2.45, 2.75) is 35.7 Å². The monoisotopic (exact) mass is 323 g/mol. The second kappa shape index (κ2) is 6.23. The summed E-state index contributed by atoms with van der Waals surface area (Å²) in [4.78, 5) is -0.779. The van der Waals surface area contributed by atoms with Crippen molar-refractivity contribution in [2.75, 3.05) is 13.2 Å². The maximum Gasteiger partial charge on any atom is 0.501 e. The molecule has 118 valence electrons. The van der Waals surface area contributed by atoms with Crippen molar-refractivity contribution in [3.8, 4) is 5.75 Å². The Balaban J connectivity index is 1.99. The van der Waals surface area contributed by atoms with Crippen LogP contribution in [0.25, 0.3) is 0 Å². The third kappa shape index (κ3) is 3.88. The first-order chi connectivity index (χ1) is 9.80. The minimum absolute atomic E-state index is 0.220. The number of ether oxygens (including phenoxy) is 1. The summed E-state index contributed by atoms with van der Waals surface area (Å²) in [5.41, 5.74) is -5.29. The fourth-order valence-electron chi connectivity index (χ4n) is 2.11. The average molecular weight is 323 g/mol. The summed E-state index contributed by atoms with van der Waals surface area (Å²) in [6.07, 6.45) is 3.23. The zero-order valence-corrected chi connectivity index (χ0v) is 12.0. The van der Waals surface area contributed by atoms with Crippen LogP contribution in [0.1, 0.15) is 19.3 Å². The Labute approximate surface area is 121 Å². The molecule has 1 heterocycles. The van der Waals surface area contributed by atoms with Gasteiger partial charge in [-0.15, -0.1) is 0 Å². The lowest BCUT2D eigenvalue weighted by molar-refractivity contribution is -0.0436. The van der Waals surface area contributed by atoms with E-state index in [0.29, 0.717) is 12.4 Å². The molecule has 21 heavy (non-hydrogen) atoms. The predicted octanol–water partition coefficient (Wildman–Crippen LogP) is 2.50. The van der Waals surface area contributed by atoms with E-state index in [0.717, 1.165) is 37.9 Å². The van der Waals surface area contributed by atoms with Crippen molar-refractivity contribution >= 4 is 9.84 Å². The molecule has 0 aromatic heterocycles. The van der Waals surface area contributed by atoms with Crippen molar-refractivity contribution in [2.24, 2.45) is 0 Å². The number of alkyl halides is 3. The van der Waals surface area contributed by atoms with Crippen LogP contribution in [0.15, 0.2) is 29.2 Å². The molecule has 8 heteroatoms. The zero-order valence-electron chi connectivity index (χ0n) is 11.2. The van der Waals surface area contributed by atoms with Crippen LogP contribution in [0, 0.1) is 0 Å². The minimum atomic E-state index is -5.30. The highest BCUT2D eigenvalue weighted by atomic mass is 32.2. The van der Waals surface area contributed by atoms with E-state index in [1.165, 1.54) is 12.1 Å². The molecule has 0 spiro atoms. The molecule has 2 rings (SSSR count). The minimum Gasteiger partial charge on any atom is -0.492 e. The Bertz CT molecular complexity index is 563. The van der Waals surface area contributed by atoms with Crippen LogP contribution in [-0.4, -0.2) is 33.1 Å². The summed E-state index contributed by atoms with van der Waals surface area (Å²) in [7, 11) is -5.30. The molecule has 1 unspecified atom stereocenters. The smallest absolute Gasteiger partial charge is 0.492 e. The largest absolute Gasteiger partial charge is 0.501 e. The van der Waals surface area contributed by atoms with Gasteiger partial charge in [0.1, 0.15) is 12.4 Å². The van der Waals surface area contributed by atoms with E-state index < -0.39 is 20.2 Å². The second-order valence-corrected chi connectivity index (χ2v) is 6.82. The highest BCUT2D eigenvalue weighted by molar-refractivity contribution is 7.92. The Kier molecular flexibility index (Phi) is 4.77. The number of sulfone groups is 1. The molecule has 1 N–H and O–H groups in total. The van der Waals surface area contributed by atoms with Crippen molar-refractivity contribution in [3.63, 3.8) is 0 Å². The normalized spacial score (nSPS) is 20.2. The molecule has 1 aliphatic heterocycles. The summed E-state index contributed by atoms with van der Waals surface area (Å²) in [6.45, 7) is 1.34. The zero-order chi connectivity index (χ0) is 15.5. The fraction of sp³-hybridized carbons (Fsp3) is 0.538. The lowest BCUT2D eigenvalue weighted by Gasteiger charge is -2.23. The van der Waals surface area contributed by atoms with Gasteiger partial charge < -0.3 is 10.1 Å². The van der Waals surface area contributed by atoms with Crippen molar-refractivity contribution in [1.82, 2.24) is 5.32 Å². The molecule has 4 nitrogen and oxygen atoms in total. The van der Waals surface area contributed by atoms with Crippen LogP contribution in [0.4, 0.5) is 13.2 Å². The van der Waals surface area contributed by atoms with Gasteiger partial charge in [0, 0.05) is 6.04 Å². The molecular weight excluding hydrogens is 307 g/mol. The fourth-order valence-corrected chi connectivity index (χ4v) is 2.87. The van der Waals surface area contributed by atoms with Crippen LogP contribution in [-0.2, 0) is 9.84 Å². The molecule has 1 aromatic rings. The van der Waals surface area contributed by atoms with Gasteiger partial charge in [0.2, 0.25) is 0 Å². The van der Waals surface area contributed by atoms with Gasteiger partial charge in [-0.2, -0.15) is 13.2 Å². The summed E-state index contributed by atoms with van der Waals surface area (Å²) >= 11 is 0. The predicted molar refractivity (Wildman–Crippen MR) is 70.8 cm³/mol. The second-order valence-electron chi connectivity index (χ2n) is 4.88. The van der Waals surface area contributed by atoms with E-state index >= 15 is 0 Å². The van der Waals surface area contributed by atoms with Gasteiger partial charge in [0.25, 0.3) is 9.84 Å². The summed E-state index contributed by atoms with van der Waals surface area (Å²) in [6, 6.07) is 4.51. The van der Waals surface area contributed by atoms with Gasteiger partial charge in [-0.3, -0.25) is 0 Å². The van der Waals surface area contributed by atoms with E-state index in [-0.39, 0.29) is 6.04 Å². The van der Waals surface area contributed by atoms with Crippen molar-refractivity contribution in [1.29, 1.82) is 0 Å². The van der Waals surface area contributed by atoms with E-state index in [1.54, 1.807) is 0 Å². The van der Waals surface area contributed by atoms with Crippen LogP contribution >= 0.6 is 0 Å². The summed E-state index contributed by atoms with van der Waals surface area (Å²) in [5.74, 6) is 0.350. The molecule has 0 aliphatic carbocycles. The summed E-state index contributed by atoms with van der Waals surface area (Å²) < 4.78 is 65.0. The number of halogens is 3. The quantitative estimate of drug-likeness (QED) is 0.925. The van der Waals surface area contributed by atoms with Gasteiger partial charge in [0.05, 0.1) is 4.90 Å². The van der Waals surface area contributed by atoms with E-state index in [9.17, 15) is 21.6 Å². The number of hydrogen-bond donors (Lipinski definition) is 1. The number of nitrogens with one attached hydrogen (secondary N) is 1. The van der Waals surface area contributed by atoms with Crippen LogP contribution in [0.2, 0.25) is 0 Å². The molecule has 0 bridgehead atoms. The lowest BCUT2D eigenvalue weighted by atomic mass is 10.1. The highest BCUT2D eigenvalue weighted by Crippen LogP contribution is 2.31. The van der Waals surface area contributed by atoms with Gasteiger partial charge in [0.15, 0.2) is 0 Å². The first-order valence-corrected chi connectivity index (χ1v) is 8.06. The maximum absolute atomic E-state index is 12.4. The Morgan fingerprint density at radius 3 is 2.38 bits per heavy atom. The van der Waals surface area contributed by atoms with Crippen LogP contribution in [0.5, 0.6) is 5.75 Å². The molecule has 0 saturated carbocycles. The molecule has 1 aromatic carbocycles. The van der Waals surface area contributed by atoms with Crippen molar-refractivity contribution in [3.05, 3.63) is 24.3 Å². The molecule has 0 amide bonds. The van der Waals surface area contributed by atoms with Gasteiger partial charge >= 0.3 is 5.51 Å². The molecule has 1 saturated heterocycles. The van der Waals surface area contributed by atoms with Gasteiger partial charge in [-0.25, -0.2) is 8.42 Å².